The number of nitrogens with zero attached hydrogens (tertiary/aromatic N) is 1. The van der Waals surface area contributed by atoms with Gasteiger partial charge in [-0.05, 0) is 43.9 Å². The van der Waals surface area contributed by atoms with Gasteiger partial charge in [-0.3, -0.25) is 14.5 Å². The topological polar surface area (TPSA) is 133 Å². The number of nitrogens with one attached hydrogen (secondary N) is 1. The number of aliphatic hydroxyl groups is 1. The van der Waals surface area contributed by atoms with Crippen LogP contribution in [0.2, 0.25) is 0 Å². The third-order valence-corrected chi connectivity index (χ3v) is 4.33. The van der Waals surface area contributed by atoms with Crippen molar-refractivity contribution in [2.45, 2.75) is 32.1 Å². The molecule has 0 spiro atoms. The number of carbonyl (C=O) groups excluding carboxylic acids is 3. The minimum atomic E-state index is -1.17. The third-order valence-electron chi connectivity index (χ3n) is 4.33. The summed E-state index contributed by atoms with van der Waals surface area (Å²) in [4.78, 5) is 48.3. The van der Waals surface area contributed by atoms with E-state index in [4.69, 9.17) is 14.9 Å². The molecule has 1 aliphatic rings. The summed E-state index contributed by atoms with van der Waals surface area (Å²) in [5.74, 6) is -2.17. The van der Waals surface area contributed by atoms with Crippen LogP contribution >= 0.6 is 0 Å². The van der Waals surface area contributed by atoms with Crippen LogP contribution in [0.15, 0.2) is 18.2 Å². The van der Waals surface area contributed by atoms with Gasteiger partial charge in [0.15, 0.2) is 0 Å². The minimum absolute atomic E-state index is 0.0532. The first-order chi connectivity index (χ1) is 13.5. The van der Waals surface area contributed by atoms with E-state index in [9.17, 15) is 19.2 Å². The lowest BCUT2D eigenvalue weighted by Gasteiger charge is -2.13. The zero-order chi connectivity index (χ0) is 20.5. The standard InChI is InChI=1S/C19H24N2O7/c22-10-3-1-2-4-11-28-19(27)20-8-5-9-21-16(23)14-7-6-13(18(25)26)12-15(14)17(21)24/h6-7,12,22H,1-5,8-11H2,(H,20,27)(H,25,26). The van der Waals surface area contributed by atoms with E-state index in [0.717, 1.165) is 30.6 Å². The molecule has 1 aromatic carbocycles. The van der Waals surface area contributed by atoms with E-state index in [1.54, 1.807) is 0 Å². The maximum Gasteiger partial charge on any atom is 0.407 e. The van der Waals surface area contributed by atoms with Gasteiger partial charge >= 0.3 is 12.1 Å². The van der Waals surface area contributed by atoms with E-state index < -0.39 is 23.9 Å². The average Bonchev–Trinajstić information content (AvgIpc) is 2.92. The van der Waals surface area contributed by atoms with Crippen molar-refractivity contribution >= 4 is 23.9 Å². The number of unbranched alkanes of at least 4 members (excludes halogenated alkanes) is 3. The zero-order valence-corrected chi connectivity index (χ0v) is 15.5. The number of benzene rings is 1. The number of carbonyl (C=O) groups is 4. The predicted molar refractivity (Wildman–Crippen MR) is 98.3 cm³/mol. The van der Waals surface area contributed by atoms with E-state index in [1.807, 2.05) is 0 Å². The molecule has 0 radical (unpaired) electrons. The first kappa shape index (κ1) is 21.4. The highest BCUT2D eigenvalue weighted by atomic mass is 16.5. The monoisotopic (exact) mass is 392 g/mol. The van der Waals surface area contributed by atoms with Crippen LogP contribution in [-0.4, -0.2) is 65.3 Å². The Balaban J connectivity index is 1.71. The van der Waals surface area contributed by atoms with Gasteiger partial charge in [0.2, 0.25) is 0 Å². The summed E-state index contributed by atoms with van der Waals surface area (Å²) in [7, 11) is 0. The first-order valence-electron chi connectivity index (χ1n) is 9.20. The van der Waals surface area contributed by atoms with Crippen LogP contribution < -0.4 is 5.32 Å². The number of fused-ring (bicyclic) bond motifs is 1. The van der Waals surface area contributed by atoms with Gasteiger partial charge in [-0.25, -0.2) is 9.59 Å². The average molecular weight is 392 g/mol. The van der Waals surface area contributed by atoms with E-state index in [-0.39, 0.29) is 36.4 Å². The van der Waals surface area contributed by atoms with E-state index >= 15 is 0 Å². The maximum atomic E-state index is 12.3. The maximum absolute atomic E-state index is 12.3. The van der Waals surface area contributed by atoms with E-state index in [1.165, 1.54) is 18.2 Å². The summed E-state index contributed by atoms with van der Waals surface area (Å²) in [6.45, 7) is 0.796. The van der Waals surface area contributed by atoms with Crippen LogP contribution in [0.1, 0.15) is 63.2 Å². The Hall–Kier alpha value is -2.94. The normalized spacial score (nSPS) is 12.8. The zero-order valence-electron chi connectivity index (χ0n) is 15.5. The summed E-state index contributed by atoms with van der Waals surface area (Å²) in [5, 5.41) is 20.2. The van der Waals surface area contributed by atoms with Gasteiger partial charge in [0.1, 0.15) is 0 Å². The van der Waals surface area contributed by atoms with Gasteiger partial charge in [0.05, 0.1) is 23.3 Å². The number of ether oxygens (including phenoxy) is 1. The number of carboxylic acids is 1. The van der Waals surface area contributed by atoms with Crippen LogP contribution in [0.5, 0.6) is 0 Å². The number of hydrogen-bond acceptors (Lipinski definition) is 6. The molecule has 0 aliphatic carbocycles. The fourth-order valence-corrected chi connectivity index (χ4v) is 2.84. The molecule has 2 rings (SSSR count). The van der Waals surface area contributed by atoms with Gasteiger partial charge in [0.25, 0.3) is 11.8 Å². The fourth-order valence-electron chi connectivity index (χ4n) is 2.84. The Morgan fingerprint density at radius 2 is 1.71 bits per heavy atom. The number of imide groups is 1. The highest BCUT2D eigenvalue weighted by Crippen LogP contribution is 2.24. The Labute approximate surface area is 162 Å². The highest BCUT2D eigenvalue weighted by molar-refractivity contribution is 6.21. The van der Waals surface area contributed by atoms with E-state index in [0.29, 0.717) is 13.0 Å². The molecule has 0 atom stereocenters. The second-order valence-electron chi connectivity index (χ2n) is 6.38. The lowest BCUT2D eigenvalue weighted by atomic mass is 10.1. The van der Waals surface area contributed by atoms with Gasteiger partial charge in [0, 0.05) is 19.7 Å². The van der Waals surface area contributed by atoms with Gasteiger partial charge in [-0.1, -0.05) is 6.42 Å². The molecule has 0 unspecified atom stereocenters. The number of aliphatic hydroxyl groups excluding tert-OH is 1. The quantitative estimate of drug-likeness (QED) is 0.385. The molecule has 28 heavy (non-hydrogen) atoms. The molecule has 0 aromatic heterocycles. The van der Waals surface area contributed by atoms with Crippen molar-refractivity contribution in [3.05, 3.63) is 34.9 Å². The van der Waals surface area contributed by atoms with Crippen molar-refractivity contribution in [2.24, 2.45) is 0 Å². The molecule has 1 aliphatic heterocycles. The second kappa shape index (κ2) is 10.4. The summed E-state index contributed by atoms with van der Waals surface area (Å²) in [6, 6.07) is 3.83. The molecule has 9 heteroatoms. The second-order valence-corrected chi connectivity index (χ2v) is 6.38. The molecule has 0 saturated heterocycles. The van der Waals surface area contributed by atoms with Crippen LogP contribution in [0.25, 0.3) is 0 Å². The summed E-state index contributed by atoms with van der Waals surface area (Å²) < 4.78 is 5.01. The van der Waals surface area contributed by atoms with Crippen molar-refractivity contribution in [1.82, 2.24) is 10.2 Å². The molecule has 0 saturated carbocycles. The molecular formula is C19H24N2O7. The highest BCUT2D eigenvalue weighted by Gasteiger charge is 2.35. The molecule has 0 fully saturated rings. The van der Waals surface area contributed by atoms with Crippen molar-refractivity contribution in [3.8, 4) is 0 Å². The van der Waals surface area contributed by atoms with Crippen molar-refractivity contribution < 1.29 is 34.1 Å². The fraction of sp³-hybridized carbons (Fsp3) is 0.474. The number of alkyl carbamates (subject to hydrolysis) is 1. The molecule has 1 heterocycles. The van der Waals surface area contributed by atoms with Crippen LogP contribution in [0.4, 0.5) is 4.79 Å². The van der Waals surface area contributed by atoms with Gasteiger partial charge < -0.3 is 20.3 Å². The SMILES string of the molecule is O=C(NCCCN1C(=O)c2ccc(C(=O)O)cc2C1=O)OCCCCCCO. The predicted octanol–water partition coefficient (Wildman–Crippen LogP) is 1.65. The lowest BCUT2D eigenvalue weighted by Crippen LogP contribution is -2.33. The smallest absolute Gasteiger partial charge is 0.407 e. The lowest BCUT2D eigenvalue weighted by molar-refractivity contribution is 0.0651. The van der Waals surface area contributed by atoms with Crippen LogP contribution in [-0.2, 0) is 4.74 Å². The number of rotatable bonds is 11. The molecular weight excluding hydrogens is 368 g/mol. The molecule has 152 valence electrons. The first-order valence-corrected chi connectivity index (χ1v) is 9.20. The summed E-state index contributed by atoms with van der Waals surface area (Å²) >= 11 is 0. The van der Waals surface area contributed by atoms with Crippen LogP contribution in [0, 0.1) is 0 Å². The molecule has 0 bridgehead atoms. The minimum Gasteiger partial charge on any atom is -0.478 e. The molecule has 3 amide bonds. The number of amides is 3. The number of aromatic carboxylic acids is 1. The molecule has 9 nitrogen and oxygen atoms in total. The molecule has 1 aromatic rings. The number of carboxylic acid groups (broad SMARTS) is 1. The summed E-state index contributed by atoms with van der Waals surface area (Å²) in [6.07, 6.45) is 3.01. The Kier molecular flexibility index (Phi) is 7.94. The van der Waals surface area contributed by atoms with Gasteiger partial charge in [-0.2, -0.15) is 0 Å². The van der Waals surface area contributed by atoms with E-state index in [2.05, 4.69) is 5.32 Å². The van der Waals surface area contributed by atoms with Crippen molar-refractivity contribution in [2.75, 3.05) is 26.3 Å². The largest absolute Gasteiger partial charge is 0.478 e. The Morgan fingerprint density at radius 3 is 2.43 bits per heavy atom. The van der Waals surface area contributed by atoms with Crippen molar-refractivity contribution in [3.63, 3.8) is 0 Å². The Bertz CT molecular complexity index is 748. The third kappa shape index (κ3) is 5.53. The van der Waals surface area contributed by atoms with Gasteiger partial charge in [-0.15, -0.1) is 0 Å². The number of hydrogen-bond donors (Lipinski definition) is 3. The molecule has 3 N–H and O–H groups in total. The van der Waals surface area contributed by atoms with Crippen LogP contribution in [0.3, 0.4) is 0 Å². The van der Waals surface area contributed by atoms with Crippen molar-refractivity contribution in [1.29, 1.82) is 0 Å². The Morgan fingerprint density at radius 1 is 1.00 bits per heavy atom. The summed E-state index contributed by atoms with van der Waals surface area (Å²) in [5.41, 5.74) is 0.213.